The van der Waals surface area contributed by atoms with E-state index in [9.17, 15) is 18.3 Å². The Morgan fingerprint density at radius 3 is 2.63 bits per heavy atom. The first kappa shape index (κ1) is 32.1. The number of carbonyl (C=O) groups is 1. The molecule has 0 bridgehead atoms. The van der Waals surface area contributed by atoms with Crippen molar-refractivity contribution >= 4 is 49.4 Å². The van der Waals surface area contributed by atoms with Gasteiger partial charge in [-0.1, -0.05) is 55.9 Å². The topological polar surface area (TPSA) is 127 Å². The number of carbonyl (C=O) groups excluding carboxylic acids is 1. The van der Waals surface area contributed by atoms with Crippen molar-refractivity contribution in [2.24, 2.45) is 11.8 Å². The Kier molecular flexibility index (Phi) is 10.6. The molecular formula is C30H39N3O7S3. The molecule has 0 spiro atoms. The summed E-state index contributed by atoms with van der Waals surface area (Å²) in [5.41, 5.74) is 1.63. The second-order valence-electron chi connectivity index (χ2n) is 11.3. The van der Waals surface area contributed by atoms with Gasteiger partial charge in [0.25, 0.3) is 0 Å². The van der Waals surface area contributed by atoms with E-state index in [1.807, 2.05) is 50.4 Å². The van der Waals surface area contributed by atoms with Crippen molar-refractivity contribution in [3.63, 3.8) is 0 Å². The third kappa shape index (κ3) is 7.88. The number of rotatable bonds is 12. The lowest BCUT2D eigenvalue weighted by Crippen LogP contribution is -2.52. The predicted molar refractivity (Wildman–Crippen MR) is 167 cm³/mol. The first-order valence-corrected chi connectivity index (χ1v) is 18.0. The highest BCUT2D eigenvalue weighted by molar-refractivity contribution is 8.00. The average Bonchev–Trinajstić information content (AvgIpc) is 3.64. The maximum Gasteiger partial charge on any atom is 0.407 e. The highest BCUT2D eigenvalue weighted by Crippen LogP contribution is 2.33. The van der Waals surface area contributed by atoms with Crippen LogP contribution >= 0.6 is 23.1 Å². The van der Waals surface area contributed by atoms with Crippen molar-refractivity contribution in [3.8, 4) is 0 Å². The molecule has 5 rings (SSSR count). The summed E-state index contributed by atoms with van der Waals surface area (Å²) in [5, 5.41) is 14.4. The van der Waals surface area contributed by atoms with Crippen LogP contribution in [0.4, 0.5) is 4.79 Å². The number of hydrogen-bond donors (Lipinski definition) is 2. The molecule has 43 heavy (non-hydrogen) atoms. The van der Waals surface area contributed by atoms with Crippen LogP contribution in [0.2, 0.25) is 0 Å². The Morgan fingerprint density at radius 2 is 1.91 bits per heavy atom. The van der Waals surface area contributed by atoms with Crippen LogP contribution in [0.25, 0.3) is 10.2 Å². The molecule has 2 saturated heterocycles. The van der Waals surface area contributed by atoms with Crippen molar-refractivity contribution in [1.29, 1.82) is 0 Å². The van der Waals surface area contributed by atoms with Gasteiger partial charge in [-0.05, 0) is 48.8 Å². The molecule has 1 amide bonds. The van der Waals surface area contributed by atoms with Gasteiger partial charge >= 0.3 is 6.09 Å². The highest BCUT2D eigenvalue weighted by atomic mass is 32.2. The molecule has 0 radical (unpaired) electrons. The molecule has 3 aromatic rings. The zero-order valence-electron chi connectivity index (χ0n) is 24.5. The second-order valence-corrected chi connectivity index (χ2v) is 15.4. The van der Waals surface area contributed by atoms with E-state index < -0.39 is 28.3 Å². The summed E-state index contributed by atoms with van der Waals surface area (Å²) in [5.74, 6) is -0.0376. The Hall–Kier alpha value is -2.26. The molecule has 234 valence electrons. The van der Waals surface area contributed by atoms with E-state index in [0.29, 0.717) is 26.1 Å². The Bertz CT molecular complexity index is 1480. The lowest BCUT2D eigenvalue weighted by atomic mass is 9.95. The summed E-state index contributed by atoms with van der Waals surface area (Å²) in [6.45, 7) is 4.84. The van der Waals surface area contributed by atoms with Gasteiger partial charge in [-0.15, -0.1) is 11.3 Å². The lowest BCUT2D eigenvalue weighted by Gasteiger charge is -2.33. The van der Waals surface area contributed by atoms with Gasteiger partial charge in [0.1, 0.15) is 6.10 Å². The van der Waals surface area contributed by atoms with Crippen molar-refractivity contribution < 1.29 is 32.5 Å². The molecule has 13 heteroatoms. The lowest BCUT2D eigenvalue weighted by molar-refractivity contribution is -0.179. The van der Waals surface area contributed by atoms with E-state index in [4.69, 9.17) is 14.2 Å². The number of hydrogen-bond acceptors (Lipinski definition) is 10. The van der Waals surface area contributed by atoms with Gasteiger partial charge in [-0.3, -0.25) is 0 Å². The van der Waals surface area contributed by atoms with Gasteiger partial charge in [0.2, 0.25) is 10.0 Å². The van der Waals surface area contributed by atoms with Crippen LogP contribution in [-0.4, -0.2) is 86.0 Å². The zero-order chi connectivity index (χ0) is 30.6. The summed E-state index contributed by atoms with van der Waals surface area (Å²) in [6, 6.07) is 13.6. The van der Waals surface area contributed by atoms with Crippen LogP contribution < -0.4 is 5.32 Å². The minimum atomic E-state index is -3.97. The fourth-order valence-electron chi connectivity index (χ4n) is 5.54. The third-order valence-electron chi connectivity index (χ3n) is 7.68. The minimum absolute atomic E-state index is 0.00204. The summed E-state index contributed by atoms with van der Waals surface area (Å²) in [7, 11) is -3.97. The summed E-state index contributed by atoms with van der Waals surface area (Å²) < 4.78 is 47.9. The molecule has 2 N–H and O–H groups in total. The molecule has 5 atom stereocenters. The Labute approximate surface area is 261 Å². The number of aliphatic hydroxyl groups is 1. The molecule has 0 saturated carbocycles. The van der Waals surface area contributed by atoms with Gasteiger partial charge in [0.05, 0.1) is 40.5 Å². The first-order valence-electron chi connectivity index (χ1n) is 14.5. The number of aromatic nitrogens is 1. The number of aliphatic hydroxyl groups excluding tert-OH is 1. The van der Waals surface area contributed by atoms with Gasteiger partial charge < -0.3 is 24.6 Å². The van der Waals surface area contributed by atoms with Crippen LogP contribution in [0.1, 0.15) is 32.3 Å². The van der Waals surface area contributed by atoms with E-state index in [2.05, 4.69) is 10.3 Å². The van der Waals surface area contributed by atoms with Gasteiger partial charge in [-0.25, -0.2) is 18.2 Å². The van der Waals surface area contributed by atoms with Crippen LogP contribution in [-0.2, 0) is 30.7 Å². The normalized spacial score (nSPS) is 22.0. The molecule has 0 aliphatic carbocycles. The fraction of sp³-hybridized carbons (Fsp3) is 0.533. The van der Waals surface area contributed by atoms with Crippen molar-refractivity contribution in [2.45, 2.75) is 66.9 Å². The third-order valence-corrected chi connectivity index (χ3v) is 11.5. The standard InChI is InChI=1S/C30H39N3O7S3/c1-19(2)17-33(43(36,37)21-9-10-23-27(16-21)42-30(32-23)41-3)18-25(34)24(15-20-7-5-4-6-8-20)31-29(35)40-26-12-14-39-28-22(26)11-13-38-28/h4-10,16,19,22,24-26,28,34H,11-15,17-18H2,1-3H3,(H,31,35)/t22-,24-,25+,26-,28+/m0/s1. The van der Waals surface area contributed by atoms with Crippen LogP contribution in [0.15, 0.2) is 57.8 Å². The maximum atomic E-state index is 14.0. The number of ether oxygens (including phenoxy) is 3. The molecule has 2 aliphatic rings. The SMILES string of the molecule is CSc1nc2ccc(S(=O)(=O)N(CC(C)C)C[C@@H](O)[C@H](Cc3ccccc3)NC(=O)O[C@H]3CCO[C@H]4OCC[C@H]43)cc2s1. The van der Waals surface area contributed by atoms with E-state index in [1.54, 1.807) is 18.2 Å². The summed E-state index contributed by atoms with van der Waals surface area (Å²) in [4.78, 5) is 17.8. The number of nitrogens with zero attached hydrogens (tertiary/aromatic N) is 2. The van der Waals surface area contributed by atoms with Crippen molar-refractivity contribution in [2.75, 3.05) is 32.6 Å². The van der Waals surface area contributed by atoms with Crippen LogP contribution in [0.3, 0.4) is 0 Å². The van der Waals surface area contributed by atoms with E-state index in [-0.39, 0.29) is 42.2 Å². The summed E-state index contributed by atoms with van der Waals surface area (Å²) >= 11 is 2.95. The average molecular weight is 650 g/mol. The van der Waals surface area contributed by atoms with Gasteiger partial charge in [0.15, 0.2) is 10.6 Å². The van der Waals surface area contributed by atoms with E-state index in [1.165, 1.54) is 27.4 Å². The fourth-order valence-corrected chi connectivity index (χ4v) is 8.79. The number of sulfonamides is 1. The van der Waals surface area contributed by atoms with Gasteiger partial charge in [-0.2, -0.15) is 4.31 Å². The molecule has 0 unspecified atom stereocenters. The molecular weight excluding hydrogens is 611 g/mol. The van der Waals surface area contributed by atoms with Crippen molar-refractivity contribution in [3.05, 3.63) is 54.1 Å². The molecule has 2 fully saturated rings. The van der Waals surface area contributed by atoms with Crippen LogP contribution in [0.5, 0.6) is 0 Å². The van der Waals surface area contributed by atoms with E-state index >= 15 is 0 Å². The van der Waals surface area contributed by atoms with Crippen LogP contribution in [0, 0.1) is 11.8 Å². The molecule has 3 heterocycles. The molecule has 2 aliphatic heterocycles. The zero-order valence-corrected chi connectivity index (χ0v) is 27.0. The number of fused-ring (bicyclic) bond motifs is 2. The Balaban J connectivity index is 1.35. The molecule has 10 nitrogen and oxygen atoms in total. The monoisotopic (exact) mass is 649 g/mol. The van der Waals surface area contributed by atoms with Crippen molar-refractivity contribution in [1.82, 2.24) is 14.6 Å². The Morgan fingerprint density at radius 1 is 1.16 bits per heavy atom. The largest absolute Gasteiger partial charge is 0.446 e. The minimum Gasteiger partial charge on any atom is -0.446 e. The quantitative estimate of drug-likeness (QED) is 0.273. The maximum absolute atomic E-state index is 14.0. The number of benzene rings is 2. The predicted octanol–water partition coefficient (Wildman–Crippen LogP) is 4.51. The molecule has 1 aromatic heterocycles. The smallest absolute Gasteiger partial charge is 0.407 e. The number of thiazole rings is 1. The van der Waals surface area contributed by atoms with E-state index in [0.717, 1.165) is 26.5 Å². The number of thioether (sulfide) groups is 1. The number of amides is 1. The number of alkyl carbamates (subject to hydrolysis) is 1. The molecule has 2 aromatic carbocycles. The highest BCUT2D eigenvalue weighted by Gasteiger charge is 2.41. The van der Waals surface area contributed by atoms with Gasteiger partial charge in [0, 0.05) is 25.4 Å². The first-order chi connectivity index (χ1) is 20.6. The number of nitrogens with one attached hydrogen (secondary N) is 1. The summed E-state index contributed by atoms with van der Waals surface area (Å²) in [6.07, 6.45) is 0.926. The second kappa shape index (κ2) is 14.2.